The molecule has 3 heterocycles. The smallest absolute Gasteiger partial charge is 0.205 e. The van der Waals surface area contributed by atoms with Crippen LogP contribution in [0, 0.1) is 0 Å². The van der Waals surface area contributed by atoms with E-state index in [0.29, 0.717) is 16.3 Å². The molecule has 4 nitrogen and oxygen atoms in total. The fraction of sp³-hybridized carbons (Fsp3) is 0.235. The van der Waals surface area contributed by atoms with Gasteiger partial charge in [0, 0.05) is 21.0 Å². The van der Waals surface area contributed by atoms with Crippen LogP contribution in [0.4, 0.5) is 0 Å². The summed E-state index contributed by atoms with van der Waals surface area (Å²) in [5.41, 5.74) is 2.97. The normalized spacial score (nSPS) is 13.2. The van der Waals surface area contributed by atoms with Crippen LogP contribution in [-0.2, 0) is 13.0 Å². The van der Waals surface area contributed by atoms with Gasteiger partial charge in [0.1, 0.15) is 11.5 Å². The van der Waals surface area contributed by atoms with Gasteiger partial charge in [-0.15, -0.1) is 21.5 Å². The predicted octanol–water partition coefficient (Wildman–Crippen LogP) is 5.05. The van der Waals surface area contributed by atoms with Gasteiger partial charge in [0.25, 0.3) is 0 Å². The predicted molar refractivity (Wildman–Crippen MR) is 102 cm³/mol. The van der Waals surface area contributed by atoms with Crippen LogP contribution in [0.15, 0.2) is 40.1 Å². The Balaban J connectivity index is 1.96. The van der Waals surface area contributed by atoms with E-state index in [-0.39, 0.29) is 0 Å². The molecule has 2 aromatic heterocycles. The minimum absolute atomic E-state index is 0.476. The molecule has 0 atom stereocenters. The Morgan fingerprint density at radius 2 is 2.08 bits per heavy atom. The average molecular weight is 422 g/mol. The van der Waals surface area contributed by atoms with Crippen molar-refractivity contribution in [2.45, 2.75) is 26.3 Å². The zero-order chi connectivity index (χ0) is 16.7. The number of benzene rings is 1. The van der Waals surface area contributed by atoms with E-state index in [4.69, 9.17) is 16.6 Å². The van der Waals surface area contributed by atoms with E-state index < -0.39 is 0 Å². The van der Waals surface area contributed by atoms with Gasteiger partial charge in [0.2, 0.25) is 4.73 Å². The average Bonchev–Trinajstić information content (AvgIpc) is 3.09. The van der Waals surface area contributed by atoms with E-state index in [1.807, 2.05) is 28.8 Å². The number of hydrogen-bond acceptors (Lipinski definition) is 4. The summed E-state index contributed by atoms with van der Waals surface area (Å²) in [6, 6.07) is 10.1. The van der Waals surface area contributed by atoms with E-state index >= 15 is 0 Å². The van der Waals surface area contributed by atoms with Crippen LogP contribution < -0.4 is 0 Å². The van der Waals surface area contributed by atoms with Gasteiger partial charge in [-0.05, 0) is 34.5 Å². The lowest BCUT2D eigenvalue weighted by atomic mass is 10.0. The van der Waals surface area contributed by atoms with Gasteiger partial charge >= 0.3 is 0 Å². The SMILES string of the molecule is CCCc1cc2c(s1)-n1c(Br)nnc1CN=C2c1ccccc1Cl. The van der Waals surface area contributed by atoms with E-state index in [0.717, 1.165) is 40.5 Å². The summed E-state index contributed by atoms with van der Waals surface area (Å²) in [6.45, 7) is 2.66. The molecule has 0 aliphatic carbocycles. The molecule has 1 aromatic carbocycles. The highest BCUT2D eigenvalue weighted by molar-refractivity contribution is 9.10. The lowest BCUT2D eigenvalue weighted by Gasteiger charge is -2.08. The Kier molecular flexibility index (Phi) is 4.28. The van der Waals surface area contributed by atoms with Gasteiger partial charge in [0.05, 0.1) is 5.71 Å². The van der Waals surface area contributed by atoms with E-state index in [1.54, 1.807) is 11.3 Å². The van der Waals surface area contributed by atoms with Gasteiger partial charge < -0.3 is 0 Å². The number of nitrogens with zero attached hydrogens (tertiary/aromatic N) is 4. The molecule has 0 spiro atoms. The van der Waals surface area contributed by atoms with Crippen LogP contribution in [0.3, 0.4) is 0 Å². The number of aliphatic imine (C=N–C) groups is 1. The molecule has 7 heteroatoms. The van der Waals surface area contributed by atoms with Gasteiger partial charge in [-0.25, -0.2) is 0 Å². The highest BCUT2D eigenvalue weighted by atomic mass is 79.9. The maximum atomic E-state index is 6.44. The molecular weight excluding hydrogens is 408 g/mol. The lowest BCUT2D eigenvalue weighted by Crippen LogP contribution is -2.05. The van der Waals surface area contributed by atoms with E-state index in [2.05, 4.69) is 39.1 Å². The summed E-state index contributed by atoms with van der Waals surface area (Å²) in [4.78, 5) is 6.15. The molecular formula is C17H14BrClN4S. The van der Waals surface area contributed by atoms with Gasteiger partial charge in [-0.1, -0.05) is 43.1 Å². The number of rotatable bonds is 3. The topological polar surface area (TPSA) is 43.1 Å². The fourth-order valence-corrected chi connectivity index (χ4v) is 4.94. The van der Waals surface area contributed by atoms with Gasteiger partial charge in [0.15, 0.2) is 5.82 Å². The van der Waals surface area contributed by atoms with Crippen molar-refractivity contribution in [1.29, 1.82) is 0 Å². The Labute approximate surface area is 157 Å². The summed E-state index contributed by atoms with van der Waals surface area (Å²) < 4.78 is 2.76. The third-order valence-electron chi connectivity index (χ3n) is 3.92. The maximum absolute atomic E-state index is 6.44. The molecule has 3 aromatic rings. The summed E-state index contributed by atoms with van der Waals surface area (Å²) in [6.07, 6.45) is 2.15. The largest absolute Gasteiger partial charge is 0.276 e. The van der Waals surface area contributed by atoms with Gasteiger partial charge in [-0.2, -0.15) is 0 Å². The second-order valence-corrected chi connectivity index (χ2v) is 7.78. The second-order valence-electron chi connectivity index (χ2n) is 5.55. The monoisotopic (exact) mass is 420 g/mol. The third-order valence-corrected chi connectivity index (χ3v) is 5.94. The van der Waals surface area contributed by atoms with Crippen molar-refractivity contribution >= 4 is 44.6 Å². The molecule has 122 valence electrons. The van der Waals surface area contributed by atoms with Crippen molar-refractivity contribution in [3.05, 3.63) is 61.9 Å². The third kappa shape index (κ3) is 2.62. The molecule has 0 radical (unpaired) electrons. The Bertz CT molecular complexity index is 944. The highest BCUT2D eigenvalue weighted by Crippen LogP contribution is 2.35. The van der Waals surface area contributed by atoms with Crippen molar-refractivity contribution in [3.63, 3.8) is 0 Å². The molecule has 0 fully saturated rings. The first kappa shape index (κ1) is 16.0. The van der Waals surface area contributed by atoms with Crippen molar-refractivity contribution in [2.24, 2.45) is 4.99 Å². The number of thiophene rings is 1. The Morgan fingerprint density at radius 1 is 1.25 bits per heavy atom. The molecule has 24 heavy (non-hydrogen) atoms. The number of fused-ring (bicyclic) bond motifs is 3. The van der Waals surface area contributed by atoms with Crippen molar-refractivity contribution < 1.29 is 0 Å². The number of halogens is 2. The maximum Gasteiger partial charge on any atom is 0.205 e. The minimum Gasteiger partial charge on any atom is -0.276 e. The van der Waals surface area contributed by atoms with Crippen LogP contribution in [0.25, 0.3) is 5.00 Å². The summed E-state index contributed by atoms with van der Waals surface area (Å²) in [7, 11) is 0. The molecule has 0 saturated carbocycles. The fourth-order valence-electron chi connectivity index (χ4n) is 2.85. The lowest BCUT2D eigenvalue weighted by molar-refractivity contribution is 0.873. The second kappa shape index (κ2) is 6.43. The molecule has 0 saturated heterocycles. The van der Waals surface area contributed by atoms with Gasteiger partial charge in [-0.3, -0.25) is 9.56 Å². The molecule has 4 rings (SSSR count). The molecule has 0 bridgehead atoms. The Morgan fingerprint density at radius 3 is 2.88 bits per heavy atom. The first-order valence-corrected chi connectivity index (χ1v) is 9.70. The summed E-state index contributed by atoms with van der Waals surface area (Å²) in [5.74, 6) is 0.829. The first-order chi connectivity index (χ1) is 11.7. The van der Waals surface area contributed by atoms with E-state index in [9.17, 15) is 0 Å². The Hall–Kier alpha value is -1.50. The quantitative estimate of drug-likeness (QED) is 0.594. The summed E-state index contributed by atoms with van der Waals surface area (Å²) >= 11 is 11.7. The van der Waals surface area contributed by atoms with Crippen LogP contribution in [0.5, 0.6) is 0 Å². The molecule has 0 N–H and O–H groups in total. The molecule has 0 unspecified atom stereocenters. The molecule has 1 aliphatic rings. The van der Waals surface area contributed by atoms with Crippen LogP contribution in [0.2, 0.25) is 5.02 Å². The van der Waals surface area contributed by atoms with Crippen molar-refractivity contribution in [3.8, 4) is 5.00 Å². The summed E-state index contributed by atoms with van der Waals surface area (Å²) in [5, 5.41) is 10.2. The van der Waals surface area contributed by atoms with Crippen LogP contribution >= 0.6 is 38.9 Å². The standard InChI is InChI=1S/C17H14BrClN4S/c1-2-5-10-8-12-15(11-6-3-4-7-13(11)19)20-9-14-21-22-17(18)23(14)16(12)24-10/h3-4,6-8H,2,5,9H2,1H3. The number of aryl methyl sites for hydroxylation is 1. The van der Waals surface area contributed by atoms with E-state index in [1.165, 1.54) is 4.88 Å². The number of aromatic nitrogens is 3. The van der Waals surface area contributed by atoms with Crippen LogP contribution in [0.1, 0.15) is 35.2 Å². The zero-order valence-electron chi connectivity index (χ0n) is 13.0. The zero-order valence-corrected chi connectivity index (χ0v) is 16.1. The van der Waals surface area contributed by atoms with Crippen molar-refractivity contribution in [1.82, 2.24) is 14.8 Å². The molecule has 0 amide bonds. The highest BCUT2D eigenvalue weighted by Gasteiger charge is 2.25. The number of hydrogen-bond donors (Lipinski definition) is 0. The van der Waals surface area contributed by atoms with Crippen molar-refractivity contribution in [2.75, 3.05) is 0 Å². The van der Waals surface area contributed by atoms with Crippen LogP contribution in [-0.4, -0.2) is 20.5 Å². The minimum atomic E-state index is 0.476. The first-order valence-electron chi connectivity index (χ1n) is 7.71. The molecule has 1 aliphatic heterocycles.